The molecule has 1 nitrogen and oxygen atoms in total. The molecule has 2 aliphatic carbocycles. The first-order valence-corrected chi connectivity index (χ1v) is 10.6. The highest BCUT2D eigenvalue weighted by atomic mass is 19.1. The molecule has 1 aromatic rings. The van der Waals surface area contributed by atoms with Gasteiger partial charge in [0.05, 0.1) is 0 Å². The van der Waals surface area contributed by atoms with Crippen molar-refractivity contribution >= 4 is 0 Å². The van der Waals surface area contributed by atoms with E-state index in [1.807, 2.05) is 6.07 Å². The molecule has 0 aliphatic heterocycles. The molecule has 140 valence electrons. The van der Waals surface area contributed by atoms with Crippen molar-refractivity contribution in [3.05, 3.63) is 29.6 Å². The van der Waals surface area contributed by atoms with Crippen LogP contribution in [-0.4, -0.2) is 5.11 Å². The molecule has 1 aromatic carbocycles. The molecule has 1 N–H and O–H groups in total. The number of hydrogen-bond acceptors (Lipinski definition) is 1. The number of benzene rings is 1. The Kier molecular flexibility index (Phi) is 6.41. The lowest BCUT2D eigenvalue weighted by molar-refractivity contribution is 0.0507. The zero-order valence-corrected chi connectivity index (χ0v) is 15.9. The Morgan fingerprint density at radius 1 is 1.04 bits per heavy atom. The highest BCUT2D eigenvalue weighted by Crippen LogP contribution is 2.53. The molecule has 0 amide bonds. The molecule has 0 bridgehead atoms. The smallest absolute Gasteiger partial charge is 0.165 e. The van der Waals surface area contributed by atoms with Crippen molar-refractivity contribution < 1.29 is 9.50 Å². The molecule has 2 saturated carbocycles. The summed E-state index contributed by atoms with van der Waals surface area (Å²) in [6.07, 6.45) is 17.7. The third kappa shape index (κ3) is 4.38. The van der Waals surface area contributed by atoms with Crippen LogP contribution in [0.1, 0.15) is 102 Å². The van der Waals surface area contributed by atoms with E-state index in [0.29, 0.717) is 11.3 Å². The third-order valence-electron chi connectivity index (χ3n) is 7.16. The van der Waals surface area contributed by atoms with Crippen LogP contribution in [0, 0.1) is 17.2 Å². The standard InChI is InChI=1S/C23H35FO/c1-2-3-5-14-23(15-6-4-7-16-23)20-11-8-18(9-12-20)19-10-13-22(25)21(24)17-19/h10,13,17-18,20,25H,2-9,11-12,14-16H2,1H3. The van der Waals surface area contributed by atoms with Gasteiger partial charge in [-0.2, -0.15) is 0 Å². The van der Waals surface area contributed by atoms with Crippen LogP contribution < -0.4 is 0 Å². The van der Waals surface area contributed by atoms with E-state index in [1.165, 1.54) is 89.5 Å². The highest BCUT2D eigenvalue weighted by molar-refractivity contribution is 5.30. The summed E-state index contributed by atoms with van der Waals surface area (Å²) in [7, 11) is 0. The summed E-state index contributed by atoms with van der Waals surface area (Å²) in [6, 6.07) is 4.99. The quantitative estimate of drug-likeness (QED) is 0.534. The van der Waals surface area contributed by atoms with Gasteiger partial charge in [0.2, 0.25) is 0 Å². The van der Waals surface area contributed by atoms with Gasteiger partial charge in [-0.25, -0.2) is 4.39 Å². The monoisotopic (exact) mass is 346 g/mol. The predicted octanol–water partition coefficient (Wildman–Crippen LogP) is 7.34. The molecular formula is C23H35FO. The zero-order chi connectivity index (χ0) is 17.7. The topological polar surface area (TPSA) is 20.2 Å². The fourth-order valence-corrected chi connectivity index (χ4v) is 5.66. The Bertz CT molecular complexity index is 539. The Morgan fingerprint density at radius 3 is 2.40 bits per heavy atom. The molecule has 2 aliphatic rings. The number of phenolic OH excluding ortho intramolecular Hbond substituents is 1. The molecule has 0 saturated heterocycles. The van der Waals surface area contributed by atoms with Gasteiger partial charge in [-0.05, 0) is 79.9 Å². The van der Waals surface area contributed by atoms with Crippen LogP contribution >= 0.6 is 0 Å². The van der Waals surface area contributed by atoms with E-state index >= 15 is 0 Å². The minimum absolute atomic E-state index is 0.227. The van der Waals surface area contributed by atoms with Crippen LogP contribution in [0.15, 0.2) is 18.2 Å². The molecule has 2 fully saturated rings. The molecular weight excluding hydrogens is 311 g/mol. The summed E-state index contributed by atoms with van der Waals surface area (Å²) in [5, 5.41) is 9.42. The largest absolute Gasteiger partial charge is 0.505 e. The van der Waals surface area contributed by atoms with E-state index in [4.69, 9.17) is 0 Å². The minimum atomic E-state index is -0.470. The molecule has 0 aromatic heterocycles. The highest BCUT2D eigenvalue weighted by Gasteiger charge is 2.40. The molecule has 0 spiro atoms. The van der Waals surface area contributed by atoms with Crippen molar-refractivity contribution in [3.63, 3.8) is 0 Å². The fourth-order valence-electron chi connectivity index (χ4n) is 5.66. The first kappa shape index (κ1) is 18.7. The van der Waals surface area contributed by atoms with Crippen molar-refractivity contribution in [2.45, 2.75) is 96.3 Å². The number of phenols is 1. The van der Waals surface area contributed by atoms with Crippen molar-refractivity contribution in [1.82, 2.24) is 0 Å². The van der Waals surface area contributed by atoms with Gasteiger partial charge in [-0.3, -0.25) is 0 Å². The van der Waals surface area contributed by atoms with E-state index in [0.717, 1.165) is 11.5 Å². The van der Waals surface area contributed by atoms with Crippen molar-refractivity contribution in [1.29, 1.82) is 0 Å². The maximum Gasteiger partial charge on any atom is 0.165 e. The molecule has 25 heavy (non-hydrogen) atoms. The van der Waals surface area contributed by atoms with Crippen LogP contribution in [0.4, 0.5) is 4.39 Å². The van der Waals surface area contributed by atoms with Crippen LogP contribution in [0.3, 0.4) is 0 Å². The van der Waals surface area contributed by atoms with Gasteiger partial charge >= 0.3 is 0 Å². The molecule has 0 heterocycles. The minimum Gasteiger partial charge on any atom is -0.505 e. The van der Waals surface area contributed by atoms with Crippen LogP contribution in [0.2, 0.25) is 0 Å². The van der Waals surface area contributed by atoms with Crippen LogP contribution in [0.5, 0.6) is 5.75 Å². The van der Waals surface area contributed by atoms with E-state index in [2.05, 4.69) is 6.92 Å². The Hall–Kier alpha value is -1.05. The maximum atomic E-state index is 13.7. The Morgan fingerprint density at radius 2 is 1.76 bits per heavy atom. The SMILES string of the molecule is CCCCCC1(C2CCC(c3ccc(O)c(F)c3)CC2)CCCCC1. The average molecular weight is 347 g/mol. The number of rotatable bonds is 6. The maximum absolute atomic E-state index is 13.7. The number of aromatic hydroxyl groups is 1. The average Bonchev–Trinajstić information content (AvgIpc) is 2.65. The van der Waals surface area contributed by atoms with Crippen molar-refractivity contribution in [2.75, 3.05) is 0 Å². The first-order valence-electron chi connectivity index (χ1n) is 10.6. The van der Waals surface area contributed by atoms with Gasteiger partial charge in [-0.15, -0.1) is 0 Å². The summed E-state index contributed by atoms with van der Waals surface area (Å²) in [6.45, 7) is 2.30. The summed E-state index contributed by atoms with van der Waals surface area (Å²) < 4.78 is 13.7. The van der Waals surface area contributed by atoms with Gasteiger partial charge in [0.1, 0.15) is 0 Å². The summed E-state index contributed by atoms with van der Waals surface area (Å²) in [5.41, 5.74) is 1.69. The first-order chi connectivity index (χ1) is 12.1. The van der Waals surface area contributed by atoms with Crippen molar-refractivity contribution in [2.24, 2.45) is 11.3 Å². The zero-order valence-electron chi connectivity index (χ0n) is 15.9. The molecule has 0 radical (unpaired) electrons. The summed E-state index contributed by atoms with van der Waals surface area (Å²) in [4.78, 5) is 0. The molecule has 3 rings (SSSR count). The van der Waals surface area contributed by atoms with E-state index < -0.39 is 5.82 Å². The number of halogens is 1. The second kappa shape index (κ2) is 8.56. The second-order valence-corrected chi connectivity index (χ2v) is 8.64. The lowest BCUT2D eigenvalue weighted by atomic mass is 9.58. The molecule has 2 heteroatoms. The molecule has 0 atom stereocenters. The van der Waals surface area contributed by atoms with E-state index in [9.17, 15) is 9.50 Å². The van der Waals surface area contributed by atoms with Gasteiger partial charge in [-0.1, -0.05) is 51.5 Å². The van der Waals surface area contributed by atoms with Crippen LogP contribution in [-0.2, 0) is 0 Å². The lowest BCUT2D eigenvalue weighted by Gasteiger charge is -2.47. The van der Waals surface area contributed by atoms with E-state index in [1.54, 1.807) is 6.07 Å². The summed E-state index contributed by atoms with van der Waals surface area (Å²) in [5.74, 6) is 0.656. The van der Waals surface area contributed by atoms with E-state index in [-0.39, 0.29) is 5.75 Å². The fraction of sp³-hybridized carbons (Fsp3) is 0.739. The van der Waals surface area contributed by atoms with Gasteiger partial charge in [0.25, 0.3) is 0 Å². The number of hydrogen-bond donors (Lipinski definition) is 1. The Balaban J connectivity index is 1.63. The van der Waals surface area contributed by atoms with Gasteiger partial charge in [0, 0.05) is 0 Å². The third-order valence-corrected chi connectivity index (χ3v) is 7.16. The lowest BCUT2D eigenvalue weighted by Crippen LogP contribution is -2.35. The van der Waals surface area contributed by atoms with Crippen molar-refractivity contribution in [3.8, 4) is 5.75 Å². The van der Waals surface area contributed by atoms with Crippen LogP contribution in [0.25, 0.3) is 0 Å². The second-order valence-electron chi connectivity index (χ2n) is 8.64. The predicted molar refractivity (Wildman–Crippen MR) is 102 cm³/mol. The number of unbranched alkanes of at least 4 members (excludes halogenated alkanes) is 2. The van der Waals surface area contributed by atoms with Gasteiger partial charge in [0.15, 0.2) is 11.6 Å². The van der Waals surface area contributed by atoms with Gasteiger partial charge < -0.3 is 5.11 Å². The molecule has 0 unspecified atom stereocenters. The Labute approximate surface area is 153 Å². The summed E-state index contributed by atoms with van der Waals surface area (Å²) >= 11 is 0. The normalized spacial score (nSPS) is 26.5.